The summed E-state index contributed by atoms with van der Waals surface area (Å²) in [6.45, 7) is 10.9. The highest BCUT2D eigenvalue weighted by Gasteiger charge is 2.13. The maximum Gasteiger partial charge on any atom is 0.257 e. The monoisotopic (exact) mass is 433 g/mol. The number of carbonyl (C=O) groups excluding carboxylic acids is 1. The fourth-order valence-electron chi connectivity index (χ4n) is 3.54. The normalized spacial score (nSPS) is 11.4. The Morgan fingerprint density at radius 2 is 1.72 bits per heavy atom. The van der Waals surface area contributed by atoms with Gasteiger partial charge in [-0.3, -0.25) is 14.8 Å². The second kappa shape index (κ2) is 10.1. The molecule has 1 aromatic heterocycles. The van der Waals surface area contributed by atoms with Gasteiger partial charge in [0.15, 0.2) is 0 Å². The maximum absolute atomic E-state index is 13.0. The van der Waals surface area contributed by atoms with Crippen LogP contribution in [0.25, 0.3) is 0 Å². The van der Waals surface area contributed by atoms with Crippen LogP contribution in [-0.2, 0) is 13.6 Å². The number of nitrogens with one attached hydrogen (secondary N) is 2. The molecule has 1 amide bonds. The lowest BCUT2D eigenvalue weighted by molar-refractivity contribution is 0.0976. The van der Waals surface area contributed by atoms with E-state index in [9.17, 15) is 4.79 Å². The lowest BCUT2D eigenvalue weighted by atomic mass is 10.1. The summed E-state index contributed by atoms with van der Waals surface area (Å²) in [7, 11) is 1.91. The van der Waals surface area contributed by atoms with Gasteiger partial charge in [-0.15, -0.1) is 0 Å². The van der Waals surface area contributed by atoms with Crippen LogP contribution in [0.3, 0.4) is 0 Å². The molecule has 7 nitrogen and oxygen atoms in total. The standard InChI is InChI=1S/C25H31N5O2/c1-7-32-22-10-8-21(9-11-22)27-25(26-15-23-18(4)29-30(6)19(23)5)28-24(31)20-13-16(2)12-17(3)14-20/h8-14H,7,15H2,1-6H3,(H2,26,27,28,31). The first-order chi connectivity index (χ1) is 15.3. The summed E-state index contributed by atoms with van der Waals surface area (Å²) in [6.07, 6.45) is 0. The highest BCUT2D eigenvalue weighted by molar-refractivity contribution is 6.10. The minimum atomic E-state index is -0.214. The van der Waals surface area contributed by atoms with Crippen molar-refractivity contribution in [3.05, 3.63) is 76.1 Å². The van der Waals surface area contributed by atoms with Crippen molar-refractivity contribution < 1.29 is 9.53 Å². The predicted molar refractivity (Wildman–Crippen MR) is 128 cm³/mol. The first kappa shape index (κ1) is 23.1. The molecule has 0 aliphatic rings. The summed E-state index contributed by atoms with van der Waals surface area (Å²) >= 11 is 0. The van der Waals surface area contributed by atoms with Crippen molar-refractivity contribution in [1.82, 2.24) is 15.1 Å². The average molecular weight is 434 g/mol. The number of carbonyl (C=O) groups is 1. The van der Waals surface area contributed by atoms with Gasteiger partial charge in [-0.1, -0.05) is 17.2 Å². The van der Waals surface area contributed by atoms with Crippen LogP contribution < -0.4 is 15.4 Å². The molecule has 1 heterocycles. The molecule has 168 valence electrons. The van der Waals surface area contributed by atoms with Gasteiger partial charge in [-0.2, -0.15) is 5.10 Å². The van der Waals surface area contributed by atoms with E-state index in [0.29, 0.717) is 24.7 Å². The fourth-order valence-corrected chi connectivity index (χ4v) is 3.54. The SMILES string of the molecule is CCOc1ccc(NC(=NCc2c(C)nn(C)c2C)NC(=O)c2cc(C)cc(C)c2)cc1. The molecule has 2 N–H and O–H groups in total. The highest BCUT2D eigenvalue weighted by atomic mass is 16.5. The van der Waals surface area contributed by atoms with Gasteiger partial charge < -0.3 is 10.1 Å². The maximum atomic E-state index is 13.0. The number of hydrogen-bond donors (Lipinski definition) is 2. The summed E-state index contributed by atoms with van der Waals surface area (Å²) in [4.78, 5) is 17.7. The molecule has 32 heavy (non-hydrogen) atoms. The minimum absolute atomic E-state index is 0.214. The van der Waals surface area contributed by atoms with Gasteiger partial charge in [0.2, 0.25) is 5.96 Å². The van der Waals surface area contributed by atoms with Gasteiger partial charge >= 0.3 is 0 Å². The van der Waals surface area contributed by atoms with E-state index >= 15 is 0 Å². The molecule has 0 spiro atoms. The number of ether oxygens (including phenoxy) is 1. The Bertz CT molecular complexity index is 1110. The molecule has 0 atom stereocenters. The Balaban J connectivity index is 1.86. The van der Waals surface area contributed by atoms with Crippen molar-refractivity contribution in [2.75, 3.05) is 11.9 Å². The summed E-state index contributed by atoms with van der Waals surface area (Å²) in [5.41, 5.74) is 6.48. The number of aliphatic imine (C=N–C) groups is 1. The predicted octanol–water partition coefficient (Wildman–Crippen LogP) is 4.45. The van der Waals surface area contributed by atoms with Gasteiger partial charge in [0, 0.05) is 29.6 Å². The number of anilines is 1. The Morgan fingerprint density at radius 1 is 1.06 bits per heavy atom. The summed E-state index contributed by atoms with van der Waals surface area (Å²) in [6, 6.07) is 13.3. The molecule has 0 aliphatic heterocycles. The van der Waals surface area contributed by atoms with E-state index in [1.54, 1.807) is 0 Å². The van der Waals surface area contributed by atoms with Crippen molar-refractivity contribution >= 4 is 17.6 Å². The molecule has 0 aliphatic carbocycles. The van der Waals surface area contributed by atoms with Crippen LogP contribution in [0.4, 0.5) is 5.69 Å². The second-order valence-electron chi connectivity index (χ2n) is 7.85. The first-order valence-corrected chi connectivity index (χ1v) is 10.7. The summed E-state index contributed by atoms with van der Waals surface area (Å²) in [5, 5.41) is 10.6. The van der Waals surface area contributed by atoms with Gasteiger partial charge in [-0.25, -0.2) is 4.99 Å². The largest absolute Gasteiger partial charge is 0.494 e. The Kier molecular flexibility index (Phi) is 7.30. The number of benzene rings is 2. The lowest BCUT2D eigenvalue weighted by Gasteiger charge is -2.13. The zero-order valence-electron chi connectivity index (χ0n) is 19.6. The van der Waals surface area contributed by atoms with E-state index in [1.807, 2.05) is 88.8 Å². The Morgan fingerprint density at radius 3 is 2.28 bits per heavy atom. The van der Waals surface area contributed by atoms with Crippen LogP contribution >= 0.6 is 0 Å². The lowest BCUT2D eigenvalue weighted by Crippen LogP contribution is -2.36. The Labute approximate surface area is 189 Å². The number of aromatic nitrogens is 2. The molecule has 3 aromatic rings. The molecule has 0 unspecified atom stereocenters. The van der Waals surface area contributed by atoms with Crippen molar-refractivity contribution in [3.63, 3.8) is 0 Å². The van der Waals surface area contributed by atoms with E-state index < -0.39 is 0 Å². The summed E-state index contributed by atoms with van der Waals surface area (Å²) in [5.74, 6) is 0.951. The molecular formula is C25H31N5O2. The third kappa shape index (κ3) is 5.75. The fraction of sp³-hybridized carbons (Fsp3) is 0.320. The summed E-state index contributed by atoms with van der Waals surface area (Å²) < 4.78 is 7.35. The number of aryl methyl sites for hydroxylation is 4. The van der Waals surface area contributed by atoms with Crippen LogP contribution in [0, 0.1) is 27.7 Å². The van der Waals surface area contributed by atoms with Crippen LogP contribution in [-0.4, -0.2) is 28.3 Å². The van der Waals surface area contributed by atoms with E-state index in [0.717, 1.165) is 39.5 Å². The van der Waals surface area contributed by atoms with Gasteiger partial charge in [0.1, 0.15) is 5.75 Å². The molecule has 0 fully saturated rings. The van der Waals surface area contributed by atoms with Crippen LogP contribution in [0.1, 0.15) is 45.4 Å². The number of rotatable bonds is 6. The van der Waals surface area contributed by atoms with Crippen molar-refractivity contribution in [3.8, 4) is 5.75 Å². The van der Waals surface area contributed by atoms with Gasteiger partial charge in [0.05, 0.1) is 18.8 Å². The smallest absolute Gasteiger partial charge is 0.257 e. The van der Waals surface area contributed by atoms with E-state index in [-0.39, 0.29) is 5.91 Å². The van der Waals surface area contributed by atoms with Gasteiger partial charge in [0.25, 0.3) is 5.91 Å². The Hall–Kier alpha value is -3.61. The number of nitrogens with zero attached hydrogens (tertiary/aromatic N) is 3. The molecular weight excluding hydrogens is 402 g/mol. The molecule has 3 rings (SSSR count). The van der Waals surface area contributed by atoms with Crippen LogP contribution in [0.5, 0.6) is 5.75 Å². The van der Waals surface area contributed by atoms with Crippen LogP contribution in [0.15, 0.2) is 47.5 Å². The molecule has 7 heteroatoms. The third-order valence-corrected chi connectivity index (χ3v) is 5.20. The average Bonchev–Trinajstić information content (AvgIpc) is 2.98. The first-order valence-electron chi connectivity index (χ1n) is 10.7. The second-order valence-corrected chi connectivity index (χ2v) is 7.85. The molecule has 2 aromatic carbocycles. The van der Waals surface area contributed by atoms with Crippen molar-refractivity contribution in [2.45, 2.75) is 41.2 Å². The molecule has 0 radical (unpaired) electrons. The number of hydrogen-bond acceptors (Lipinski definition) is 4. The molecule has 0 bridgehead atoms. The highest BCUT2D eigenvalue weighted by Crippen LogP contribution is 2.17. The van der Waals surface area contributed by atoms with Crippen LogP contribution in [0.2, 0.25) is 0 Å². The zero-order chi connectivity index (χ0) is 23.3. The van der Waals surface area contributed by atoms with Gasteiger partial charge in [-0.05, 0) is 71.0 Å². The number of guanidine groups is 1. The quantitative estimate of drug-likeness (QED) is 0.445. The van der Waals surface area contributed by atoms with E-state index in [2.05, 4.69) is 20.7 Å². The number of amides is 1. The molecule has 0 saturated carbocycles. The van der Waals surface area contributed by atoms with Crippen molar-refractivity contribution in [2.24, 2.45) is 12.0 Å². The minimum Gasteiger partial charge on any atom is -0.494 e. The van der Waals surface area contributed by atoms with Crippen molar-refractivity contribution in [1.29, 1.82) is 0 Å². The van der Waals surface area contributed by atoms with E-state index in [1.165, 1.54) is 0 Å². The topological polar surface area (TPSA) is 80.5 Å². The molecule has 0 saturated heterocycles. The zero-order valence-corrected chi connectivity index (χ0v) is 19.6. The van der Waals surface area contributed by atoms with E-state index in [4.69, 9.17) is 4.74 Å². The third-order valence-electron chi connectivity index (χ3n) is 5.20.